The maximum atomic E-state index is 13.6. The molecule has 0 aliphatic rings. The van der Waals surface area contributed by atoms with E-state index >= 15 is 0 Å². The molecule has 1 atom stereocenters. The highest BCUT2D eigenvalue weighted by molar-refractivity contribution is 9.10. The fourth-order valence-corrected chi connectivity index (χ4v) is 3.22. The van der Waals surface area contributed by atoms with E-state index in [0.717, 1.165) is 16.7 Å². The topological polar surface area (TPSA) is 0 Å². The van der Waals surface area contributed by atoms with Gasteiger partial charge in [0.1, 0.15) is 5.82 Å². The summed E-state index contributed by atoms with van der Waals surface area (Å²) in [6, 6.07) is 9.06. The second-order valence-electron chi connectivity index (χ2n) is 4.49. The van der Waals surface area contributed by atoms with Gasteiger partial charge in [0.25, 0.3) is 0 Å². The predicted molar refractivity (Wildman–Crippen MR) is 85.8 cm³/mol. The van der Waals surface area contributed by atoms with Crippen LogP contribution in [0.4, 0.5) is 4.39 Å². The normalized spacial score (nSPS) is 12.5. The van der Waals surface area contributed by atoms with E-state index in [1.165, 1.54) is 11.6 Å². The van der Waals surface area contributed by atoms with Crippen LogP contribution in [0.1, 0.15) is 27.1 Å². The molecule has 100 valence electrons. The molecule has 1 unspecified atom stereocenters. The van der Waals surface area contributed by atoms with E-state index in [9.17, 15) is 4.39 Å². The zero-order valence-corrected chi connectivity index (χ0v) is 14.4. The SMILES string of the molecule is Cc1cc(Cl)c(C(Br)c2ccc(Br)c(F)c2)cc1C. The monoisotopic (exact) mass is 404 g/mol. The van der Waals surface area contributed by atoms with E-state index in [1.807, 2.05) is 32.0 Å². The van der Waals surface area contributed by atoms with Gasteiger partial charge in [0.05, 0.1) is 9.30 Å². The third kappa shape index (κ3) is 3.21. The standard InChI is InChI=1S/C15H12Br2ClF/c1-8-5-11(13(18)6-9(8)2)15(17)10-3-4-12(16)14(19)7-10/h3-7,15H,1-2H3. The first-order valence-electron chi connectivity index (χ1n) is 5.76. The fourth-order valence-electron chi connectivity index (χ4n) is 1.85. The van der Waals surface area contributed by atoms with Crippen molar-refractivity contribution in [2.45, 2.75) is 18.7 Å². The van der Waals surface area contributed by atoms with Crippen LogP contribution in [0.2, 0.25) is 5.02 Å². The first kappa shape index (κ1) is 15.0. The van der Waals surface area contributed by atoms with Crippen molar-refractivity contribution < 1.29 is 4.39 Å². The van der Waals surface area contributed by atoms with Crippen molar-refractivity contribution in [3.8, 4) is 0 Å². The van der Waals surface area contributed by atoms with Crippen LogP contribution in [0.3, 0.4) is 0 Å². The smallest absolute Gasteiger partial charge is 0.137 e. The second kappa shape index (κ2) is 5.94. The second-order valence-corrected chi connectivity index (χ2v) is 6.67. The van der Waals surface area contributed by atoms with Crippen molar-refractivity contribution in [2.24, 2.45) is 0 Å². The van der Waals surface area contributed by atoms with E-state index in [4.69, 9.17) is 11.6 Å². The van der Waals surface area contributed by atoms with Crippen molar-refractivity contribution in [3.05, 3.63) is 67.9 Å². The summed E-state index contributed by atoms with van der Waals surface area (Å²) in [7, 11) is 0. The average Bonchev–Trinajstić information content (AvgIpc) is 2.36. The summed E-state index contributed by atoms with van der Waals surface area (Å²) >= 11 is 13.0. The van der Waals surface area contributed by atoms with Gasteiger partial charge in [0, 0.05) is 5.02 Å². The lowest BCUT2D eigenvalue weighted by molar-refractivity contribution is 0.619. The number of hydrogen-bond donors (Lipinski definition) is 0. The molecule has 0 saturated heterocycles. The Bertz CT molecular complexity index is 626. The lowest BCUT2D eigenvalue weighted by Gasteiger charge is -2.15. The first-order chi connectivity index (χ1) is 8.90. The molecule has 0 fully saturated rings. The summed E-state index contributed by atoms with van der Waals surface area (Å²) in [5.74, 6) is -0.276. The number of aryl methyl sites for hydroxylation is 2. The van der Waals surface area contributed by atoms with Gasteiger partial charge in [-0.1, -0.05) is 39.7 Å². The van der Waals surface area contributed by atoms with Gasteiger partial charge in [-0.2, -0.15) is 0 Å². The highest BCUT2D eigenvalue weighted by atomic mass is 79.9. The molecule has 0 bridgehead atoms. The fraction of sp³-hybridized carbons (Fsp3) is 0.200. The van der Waals surface area contributed by atoms with Crippen LogP contribution < -0.4 is 0 Å². The van der Waals surface area contributed by atoms with Crippen LogP contribution >= 0.6 is 43.5 Å². The van der Waals surface area contributed by atoms with Crippen molar-refractivity contribution >= 4 is 43.5 Å². The Morgan fingerprint density at radius 3 is 2.37 bits per heavy atom. The molecule has 0 radical (unpaired) electrons. The minimum Gasteiger partial charge on any atom is -0.206 e. The molecule has 19 heavy (non-hydrogen) atoms. The summed E-state index contributed by atoms with van der Waals surface area (Å²) in [5.41, 5.74) is 4.11. The van der Waals surface area contributed by atoms with Gasteiger partial charge in [-0.25, -0.2) is 4.39 Å². The molecule has 4 heteroatoms. The molecule has 0 heterocycles. The summed E-state index contributed by atoms with van der Waals surface area (Å²) in [6.45, 7) is 4.06. The lowest BCUT2D eigenvalue weighted by atomic mass is 10.00. The molecule has 0 aliphatic carbocycles. The Morgan fingerprint density at radius 1 is 1.11 bits per heavy atom. The van der Waals surface area contributed by atoms with Crippen molar-refractivity contribution in [1.29, 1.82) is 0 Å². The molecule has 0 N–H and O–H groups in total. The molecule has 0 saturated carbocycles. The van der Waals surface area contributed by atoms with Crippen LogP contribution in [0.25, 0.3) is 0 Å². The van der Waals surface area contributed by atoms with Gasteiger partial charge in [-0.15, -0.1) is 0 Å². The summed E-state index contributed by atoms with van der Waals surface area (Å²) in [5, 5.41) is 0.688. The van der Waals surface area contributed by atoms with Crippen LogP contribution in [-0.2, 0) is 0 Å². The minimum atomic E-state index is -0.276. The number of alkyl halides is 1. The highest BCUT2D eigenvalue weighted by Crippen LogP contribution is 2.37. The van der Waals surface area contributed by atoms with Gasteiger partial charge in [-0.3, -0.25) is 0 Å². The van der Waals surface area contributed by atoms with Gasteiger partial charge < -0.3 is 0 Å². The predicted octanol–water partition coefficient (Wildman–Crippen LogP) is 6.34. The molecule has 0 spiro atoms. The highest BCUT2D eigenvalue weighted by Gasteiger charge is 2.16. The van der Waals surface area contributed by atoms with Crippen LogP contribution in [-0.4, -0.2) is 0 Å². The third-order valence-corrected chi connectivity index (χ3v) is 5.11. The minimum absolute atomic E-state index is 0.123. The van der Waals surface area contributed by atoms with E-state index < -0.39 is 0 Å². The van der Waals surface area contributed by atoms with Gasteiger partial charge in [0.2, 0.25) is 0 Å². The zero-order valence-electron chi connectivity index (χ0n) is 10.5. The third-order valence-electron chi connectivity index (χ3n) is 3.12. The molecule has 0 amide bonds. The van der Waals surface area contributed by atoms with Crippen LogP contribution in [0.5, 0.6) is 0 Å². The van der Waals surface area contributed by atoms with E-state index in [1.54, 1.807) is 6.07 Å². The number of rotatable bonds is 2. The summed E-state index contributed by atoms with van der Waals surface area (Å²) in [4.78, 5) is -0.123. The number of hydrogen-bond acceptors (Lipinski definition) is 0. The van der Waals surface area contributed by atoms with E-state index in [-0.39, 0.29) is 10.6 Å². The quantitative estimate of drug-likeness (QED) is 0.510. The van der Waals surface area contributed by atoms with E-state index in [2.05, 4.69) is 31.9 Å². The molecule has 0 aromatic heterocycles. The summed E-state index contributed by atoms with van der Waals surface area (Å²) in [6.07, 6.45) is 0. The molecular formula is C15H12Br2ClF. The van der Waals surface area contributed by atoms with Crippen LogP contribution in [0, 0.1) is 19.7 Å². The van der Waals surface area contributed by atoms with Gasteiger partial charge >= 0.3 is 0 Å². The number of benzene rings is 2. The largest absolute Gasteiger partial charge is 0.206 e. The lowest BCUT2D eigenvalue weighted by Crippen LogP contribution is -1.97. The van der Waals surface area contributed by atoms with Crippen molar-refractivity contribution in [1.82, 2.24) is 0 Å². The first-order valence-corrected chi connectivity index (χ1v) is 7.84. The molecule has 2 aromatic rings. The molecule has 2 aromatic carbocycles. The zero-order chi connectivity index (χ0) is 14.2. The summed E-state index contributed by atoms with van der Waals surface area (Å²) < 4.78 is 14.1. The van der Waals surface area contributed by atoms with Gasteiger partial charge in [0.15, 0.2) is 0 Å². The van der Waals surface area contributed by atoms with E-state index in [0.29, 0.717) is 9.50 Å². The Balaban J connectivity index is 2.46. The Hall–Kier alpha value is -0.380. The average molecular weight is 407 g/mol. The van der Waals surface area contributed by atoms with Crippen LogP contribution in [0.15, 0.2) is 34.8 Å². The maximum Gasteiger partial charge on any atom is 0.137 e. The Labute approximate surface area is 134 Å². The molecule has 0 aliphatic heterocycles. The van der Waals surface area contributed by atoms with Crippen molar-refractivity contribution in [2.75, 3.05) is 0 Å². The molecule has 0 nitrogen and oxygen atoms in total. The van der Waals surface area contributed by atoms with Gasteiger partial charge in [-0.05, 0) is 70.2 Å². The van der Waals surface area contributed by atoms with Crippen molar-refractivity contribution in [3.63, 3.8) is 0 Å². The Kier molecular flexibility index (Phi) is 4.70. The maximum absolute atomic E-state index is 13.6. The Morgan fingerprint density at radius 2 is 1.74 bits per heavy atom. The molecule has 2 rings (SSSR count). The molecular weight excluding hydrogens is 394 g/mol. The number of halogens is 4.